The van der Waals surface area contributed by atoms with Crippen molar-refractivity contribution < 1.29 is 42.5 Å². The highest BCUT2D eigenvalue weighted by molar-refractivity contribution is 7.92. The molecule has 3 atom stereocenters. The number of carbonyl (C=O) groups excluding carboxylic acids is 1. The second kappa shape index (κ2) is 14.4. The third kappa shape index (κ3) is 8.57. The van der Waals surface area contributed by atoms with E-state index >= 15 is 0 Å². The first-order valence-electron chi connectivity index (χ1n) is 15.1. The minimum absolute atomic E-state index is 0.0601. The Morgan fingerprint density at radius 3 is 2.37 bits per heavy atom. The number of sulfonamides is 1. The third-order valence-electron chi connectivity index (χ3n) is 8.47. The van der Waals surface area contributed by atoms with Crippen LogP contribution < -0.4 is 9.62 Å². The van der Waals surface area contributed by atoms with Crippen LogP contribution in [-0.4, -0.2) is 108 Å². The van der Waals surface area contributed by atoms with Crippen LogP contribution in [0.15, 0.2) is 30.3 Å². The van der Waals surface area contributed by atoms with Gasteiger partial charge >= 0.3 is 12.1 Å². The number of aliphatic hydroxyl groups excluding tert-OH is 2. The summed E-state index contributed by atoms with van der Waals surface area (Å²) in [7, 11) is -2.33. The van der Waals surface area contributed by atoms with Gasteiger partial charge in [0.25, 0.3) is 0 Å². The van der Waals surface area contributed by atoms with Gasteiger partial charge in [-0.2, -0.15) is 0 Å². The van der Waals surface area contributed by atoms with Crippen LogP contribution >= 0.6 is 0 Å². The van der Waals surface area contributed by atoms with Gasteiger partial charge in [0, 0.05) is 37.1 Å². The lowest BCUT2D eigenvalue weighted by atomic mass is 9.75. The fraction of sp³-hybridized carbons (Fsp3) is 0.548. The van der Waals surface area contributed by atoms with Crippen LogP contribution in [0.5, 0.6) is 0 Å². The van der Waals surface area contributed by atoms with Crippen LogP contribution in [0.3, 0.4) is 0 Å². The number of nitrogens with zero attached hydrogens (tertiary/aromatic N) is 4. The monoisotopic (exact) mass is 663 g/mol. The van der Waals surface area contributed by atoms with Crippen molar-refractivity contribution in [3.05, 3.63) is 47.4 Å². The zero-order valence-corrected chi connectivity index (χ0v) is 27.2. The standard InChI is InChI=1S/C22H28FN3O6S.C9H14N2O2/c1-13(2)20-18(10-9-16(27)11-17(28)12-19(29)30)21(14-5-7-15(23)8-6-14)25-22(24-20)26(3)33(4,31)32;12-8-10-5-9(13-8)6-11-3-1-7(9)2-4-11/h5-10,13,16-17,27-28H,11-12H2,1-4H3,(H,29,30);7H,1-6H2,(H,10,12)/b10-9+;/t16-,17-;/m1./s1. The average Bonchev–Trinajstić information content (AvgIpc) is 3.34. The van der Waals surface area contributed by atoms with Gasteiger partial charge in [-0.1, -0.05) is 26.0 Å². The van der Waals surface area contributed by atoms with Gasteiger partial charge in [0.05, 0.1) is 42.8 Å². The maximum absolute atomic E-state index is 13.5. The molecule has 0 radical (unpaired) electrons. The SMILES string of the molecule is CC(C)c1nc(N(C)S(C)(=O)=O)nc(-c2ccc(F)cc2)c1/C=C/[C@@H](O)C[C@@H](O)CC(=O)O.O=C1NCC2(CN3CCC2CC3)O1. The van der Waals surface area contributed by atoms with Crippen molar-refractivity contribution in [2.45, 2.75) is 63.3 Å². The molecule has 4 N–H and O–H groups in total. The van der Waals surface area contributed by atoms with E-state index in [1.54, 1.807) is 0 Å². The second-order valence-electron chi connectivity index (χ2n) is 12.3. The Balaban J connectivity index is 0.000000301. The van der Waals surface area contributed by atoms with E-state index < -0.39 is 40.4 Å². The number of ether oxygens (including phenoxy) is 1. The van der Waals surface area contributed by atoms with E-state index in [4.69, 9.17) is 9.84 Å². The molecular formula is C31H42FN5O8S. The van der Waals surface area contributed by atoms with E-state index in [1.807, 2.05) is 13.8 Å². The molecule has 46 heavy (non-hydrogen) atoms. The summed E-state index contributed by atoms with van der Waals surface area (Å²) >= 11 is 0. The van der Waals surface area contributed by atoms with Gasteiger partial charge in [0.2, 0.25) is 16.0 Å². The van der Waals surface area contributed by atoms with E-state index in [0.29, 0.717) is 35.0 Å². The number of nitrogens with one attached hydrogen (secondary N) is 1. The summed E-state index contributed by atoms with van der Waals surface area (Å²) in [5.41, 5.74) is 1.63. The first kappa shape index (κ1) is 35.2. The van der Waals surface area contributed by atoms with E-state index in [2.05, 4.69) is 20.2 Å². The Kier molecular flexibility index (Phi) is 11.0. The Hall–Kier alpha value is -3.66. The molecule has 252 valence electrons. The molecule has 4 fully saturated rings. The molecule has 0 aliphatic carbocycles. The number of benzene rings is 1. The summed E-state index contributed by atoms with van der Waals surface area (Å²) in [5.74, 6) is -1.27. The van der Waals surface area contributed by atoms with Gasteiger partial charge < -0.3 is 25.4 Å². The predicted octanol–water partition coefficient (Wildman–Crippen LogP) is 2.59. The molecule has 1 aromatic heterocycles. The molecule has 5 heterocycles. The molecule has 4 saturated heterocycles. The van der Waals surface area contributed by atoms with Gasteiger partial charge in [0.15, 0.2) is 0 Å². The second-order valence-corrected chi connectivity index (χ2v) is 14.3. The van der Waals surface area contributed by atoms with Crippen molar-refractivity contribution in [2.75, 3.05) is 43.8 Å². The number of piperidine rings is 3. The Morgan fingerprint density at radius 2 is 1.87 bits per heavy atom. The molecular weight excluding hydrogens is 621 g/mol. The fourth-order valence-electron chi connectivity index (χ4n) is 5.96. The van der Waals surface area contributed by atoms with Crippen molar-refractivity contribution >= 4 is 34.1 Å². The van der Waals surface area contributed by atoms with Crippen molar-refractivity contribution in [3.63, 3.8) is 0 Å². The zero-order chi connectivity index (χ0) is 33.8. The first-order valence-corrected chi connectivity index (χ1v) is 17.0. The molecule has 2 bridgehead atoms. The number of hydrogen-bond donors (Lipinski definition) is 4. The minimum atomic E-state index is -3.65. The summed E-state index contributed by atoms with van der Waals surface area (Å²) in [4.78, 5) is 33.0. The number of carboxylic acid groups (broad SMARTS) is 1. The number of alkyl carbamates (subject to hydrolysis) is 1. The molecule has 1 aromatic carbocycles. The number of amides is 1. The summed E-state index contributed by atoms with van der Waals surface area (Å²) in [5, 5.41) is 31.6. The molecule has 6 rings (SSSR count). The molecule has 15 heteroatoms. The summed E-state index contributed by atoms with van der Waals surface area (Å²) in [6.45, 7) is 7.73. The van der Waals surface area contributed by atoms with E-state index in [1.165, 1.54) is 69.4 Å². The van der Waals surface area contributed by atoms with E-state index in [-0.39, 0.29) is 30.0 Å². The molecule has 2 aromatic rings. The van der Waals surface area contributed by atoms with Gasteiger partial charge in [-0.05, 0) is 56.1 Å². The molecule has 13 nitrogen and oxygen atoms in total. The number of fused-ring (bicyclic) bond motifs is 2. The Labute approximate surface area is 268 Å². The van der Waals surface area contributed by atoms with Crippen LogP contribution in [0.25, 0.3) is 17.3 Å². The number of carbonyl (C=O) groups is 2. The number of aliphatic carboxylic acids is 1. The predicted molar refractivity (Wildman–Crippen MR) is 169 cm³/mol. The molecule has 4 aliphatic rings. The molecule has 1 spiro atoms. The van der Waals surface area contributed by atoms with E-state index in [0.717, 1.165) is 17.1 Å². The highest BCUT2D eigenvalue weighted by atomic mass is 32.2. The fourth-order valence-corrected chi connectivity index (χ4v) is 6.34. The zero-order valence-electron chi connectivity index (χ0n) is 26.4. The van der Waals surface area contributed by atoms with Crippen LogP contribution in [0.1, 0.15) is 56.7 Å². The maximum Gasteiger partial charge on any atom is 0.407 e. The number of carboxylic acids is 1. The van der Waals surface area contributed by atoms with Crippen LogP contribution in [-0.2, 0) is 19.6 Å². The highest BCUT2D eigenvalue weighted by Gasteiger charge is 2.52. The van der Waals surface area contributed by atoms with Gasteiger partial charge in [-0.15, -0.1) is 0 Å². The van der Waals surface area contributed by atoms with E-state index in [9.17, 15) is 32.6 Å². The summed E-state index contributed by atoms with van der Waals surface area (Å²) < 4.78 is 44.0. The third-order valence-corrected chi connectivity index (χ3v) is 9.62. The van der Waals surface area contributed by atoms with Crippen LogP contribution in [0, 0.1) is 11.7 Å². The average molecular weight is 664 g/mol. The Morgan fingerprint density at radius 1 is 1.22 bits per heavy atom. The topological polar surface area (TPSA) is 182 Å². The van der Waals surface area contributed by atoms with Crippen LogP contribution in [0.2, 0.25) is 0 Å². The normalized spacial score (nSPS) is 23.5. The lowest BCUT2D eigenvalue weighted by Crippen LogP contribution is -2.60. The lowest BCUT2D eigenvalue weighted by Gasteiger charge is -2.49. The van der Waals surface area contributed by atoms with Gasteiger partial charge in [-0.25, -0.2) is 31.9 Å². The van der Waals surface area contributed by atoms with Crippen molar-refractivity contribution in [1.82, 2.24) is 20.2 Å². The highest BCUT2D eigenvalue weighted by Crippen LogP contribution is 2.39. The molecule has 1 amide bonds. The summed E-state index contributed by atoms with van der Waals surface area (Å²) in [6, 6.07) is 5.49. The number of rotatable bonds is 10. The lowest BCUT2D eigenvalue weighted by molar-refractivity contribution is -0.139. The maximum atomic E-state index is 13.5. The molecule has 0 saturated carbocycles. The quantitative estimate of drug-likeness (QED) is 0.293. The Bertz CT molecular complexity index is 1550. The minimum Gasteiger partial charge on any atom is -0.481 e. The van der Waals surface area contributed by atoms with Crippen molar-refractivity contribution in [1.29, 1.82) is 0 Å². The van der Waals surface area contributed by atoms with Gasteiger partial charge in [-0.3, -0.25) is 9.69 Å². The van der Waals surface area contributed by atoms with Crippen molar-refractivity contribution in [3.8, 4) is 11.3 Å². The molecule has 4 aliphatic heterocycles. The number of anilines is 1. The molecule has 1 unspecified atom stereocenters. The van der Waals surface area contributed by atoms with Crippen LogP contribution in [0.4, 0.5) is 15.1 Å². The summed E-state index contributed by atoms with van der Waals surface area (Å²) in [6.07, 6.45) is 3.01. The smallest absolute Gasteiger partial charge is 0.407 e. The largest absolute Gasteiger partial charge is 0.481 e. The number of aromatic nitrogens is 2. The van der Waals surface area contributed by atoms with Gasteiger partial charge in [0.1, 0.15) is 11.4 Å². The number of halogens is 1. The first-order chi connectivity index (χ1) is 21.6. The number of aliphatic hydroxyl groups is 2. The van der Waals surface area contributed by atoms with Crippen molar-refractivity contribution in [2.24, 2.45) is 5.92 Å². The number of hydrogen-bond acceptors (Lipinski definition) is 10.